The lowest BCUT2D eigenvalue weighted by Crippen LogP contribution is -2.50. The number of hydrogen-bond acceptors (Lipinski definition) is 5. The molecule has 2 N–H and O–H groups in total. The third-order valence-electron chi connectivity index (χ3n) is 4.31. The average molecular weight is 427 g/mol. The van der Waals surface area contributed by atoms with Crippen molar-refractivity contribution >= 4 is 42.3 Å². The number of carbonyl (C=O) groups excluding carboxylic acids is 2. The molecule has 1 aliphatic heterocycles. The monoisotopic (exact) mass is 426 g/mol. The smallest absolute Gasteiger partial charge is 0.244 e. The number of ether oxygens (including phenoxy) is 1. The second-order valence-electron chi connectivity index (χ2n) is 6.23. The van der Waals surface area contributed by atoms with E-state index in [1.807, 2.05) is 32.0 Å². The molecule has 9 heteroatoms. The number of nitrogens with one attached hydrogen (secondary N) is 2. The Morgan fingerprint density at radius 1 is 1.25 bits per heavy atom. The Kier molecular flexibility index (Phi) is 9.18. The van der Waals surface area contributed by atoms with Crippen molar-refractivity contribution in [3.05, 3.63) is 47.7 Å². The molecular formula is C19H24Cl2N4O3. The number of aryl methyl sites for hydroxylation is 1. The molecule has 28 heavy (non-hydrogen) atoms. The summed E-state index contributed by atoms with van der Waals surface area (Å²) < 4.78 is 5.80. The van der Waals surface area contributed by atoms with Crippen molar-refractivity contribution in [2.24, 2.45) is 0 Å². The summed E-state index contributed by atoms with van der Waals surface area (Å²) in [4.78, 5) is 29.6. The van der Waals surface area contributed by atoms with Crippen molar-refractivity contribution < 1.29 is 14.3 Å². The predicted octanol–water partition coefficient (Wildman–Crippen LogP) is 2.70. The van der Waals surface area contributed by atoms with E-state index in [-0.39, 0.29) is 49.7 Å². The van der Waals surface area contributed by atoms with Gasteiger partial charge in [-0.3, -0.25) is 9.59 Å². The highest BCUT2D eigenvalue weighted by Crippen LogP contribution is 2.26. The van der Waals surface area contributed by atoms with E-state index in [1.165, 1.54) is 11.1 Å². The number of piperazine rings is 1. The minimum atomic E-state index is -0.245. The number of halogens is 2. The quantitative estimate of drug-likeness (QED) is 0.767. The summed E-state index contributed by atoms with van der Waals surface area (Å²) in [6, 6.07) is 9.28. The highest BCUT2D eigenvalue weighted by atomic mass is 35.5. The molecule has 1 fully saturated rings. The molecule has 0 bridgehead atoms. The van der Waals surface area contributed by atoms with Crippen molar-refractivity contribution in [3.8, 4) is 11.6 Å². The fourth-order valence-electron chi connectivity index (χ4n) is 2.65. The molecule has 1 aromatic heterocycles. The fourth-order valence-corrected chi connectivity index (χ4v) is 2.65. The number of carbonyl (C=O) groups is 2. The molecule has 152 valence electrons. The van der Waals surface area contributed by atoms with Crippen LogP contribution in [0.1, 0.15) is 11.1 Å². The van der Waals surface area contributed by atoms with Crippen LogP contribution in [-0.4, -0.2) is 47.9 Å². The van der Waals surface area contributed by atoms with Gasteiger partial charge >= 0.3 is 0 Å². The Morgan fingerprint density at radius 3 is 2.71 bits per heavy atom. The predicted molar refractivity (Wildman–Crippen MR) is 113 cm³/mol. The summed E-state index contributed by atoms with van der Waals surface area (Å²) in [5.74, 6) is 0.896. The van der Waals surface area contributed by atoms with E-state index in [0.717, 1.165) is 16.9 Å². The van der Waals surface area contributed by atoms with E-state index in [2.05, 4.69) is 15.6 Å². The summed E-state index contributed by atoms with van der Waals surface area (Å²) in [6.07, 6.45) is 1.54. The lowest BCUT2D eigenvalue weighted by Gasteiger charge is -2.26. The number of amides is 2. The average Bonchev–Trinajstić information content (AvgIpc) is 2.62. The van der Waals surface area contributed by atoms with Gasteiger partial charge < -0.3 is 20.3 Å². The van der Waals surface area contributed by atoms with Crippen LogP contribution in [0.4, 0.5) is 5.69 Å². The molecule has 0 spiro atoms. The van der Waals surface area contributed by atoms with Crippen LogP contribution in [0.15, 0.2) is 36.5 Å². The lowest BCUT2D eigenvalue weighted by atomic mass is 10.1. The number of hydrogen-bond donors (Lipinski definition) is 2. The maximum atomic E-state index is 12.1. The molecule has 0 saturated carbocycles. The van der Waals surface area contributed by atoms with Gasteiger partial charge in [-0.15, -0.1) is 24.8 Å². The third-order valence-corrected chi connectivity index (χ3v) is 4.31. The first kappa shape index (κ1) is 23.7. The summed E-state index contributed by atoms with van der Waals surface area (Å²) in [7, 11) is 0. The van der Waals surface area contributed by atoms with Crippen LogP contribution in [-0.2, 0) is 9.59 Å². The van der Waals surface area contributed by atoms with E-state index in [0.29, 0.717) is 24.7 Å². The molecule has 2 heterocycles. The van der Waals surface area contributed by atoms with Crippen molar-refractivity contribution in [1.82, 2.24) is 15.2 Å². The number of nitrogens with zero attached hydrogens (tertiary/aromatic N) is 2. The molecule has 1 saturated heterocycles. The summed E-state index contributed by atoms with van der Waals surface area (Å²) in [5.41, 5.74) is 2.77. The van der Waals surface area contributed by atoms with Crippen molar-refractivity contribution in [1.29, 1.82) is 0 Å². The first-order valence-corrected chi connectivity index (χ1v) is 8.51. The Hall–Kier alpha value is -2.35. The lowest BCUT2D eigenvalue weighted by molar-refractivity contribution is -0.135. The highest BCUT2D eigenvalue weighted by molar-refractivity contribution is 5.94. The Morgan fingerprint density at radius 2 is 2.04 bits per heavy atom. The van der Waals surface area contributed by atoms with E-state index in [9.17, 15) is 9.59 Å². The Bertz CT molecular complexity index is 815. The molecule has 3 rings (SSSR count). The maximum absolute atomic E-state index is 12.1. The minimum absolute atomic E-state index is 0. The molecule has 1 aromatic carbocycles. The van der Waals surface area contributed by atoms with E-state index >= 15 is 0 Å². The molecule has 0 radical (unpaired) electrons. The fraction of sp³-hybridized carbons (Fsp3) is 0.316. The molecule has 0 aliphatic carbocycles. The largest absolute Gasteiger partial charge is 0.439 e. The van der Waals surface area contributed by atoms with E-state index < -0.39 is 0 Å². The SMILES string of the molecule is Cc1cccc(Oc2ccc(NC(=O)CN3CCNCC3=O)cn2)c1C.Cl.Cl. The van der Waals surface area contributed by atoms with Crippen LogP contribution in [0.5, 0.6) is 11.6 Å². The van der Waals surface area contributed by atoms with Crippen LogP contribution in [0.2, 0.25) is 0 Å². The number of rotatable bonds is 5. The van der Waals surface area contributed by atoms with Gasteiger partial charge in [-0.05, 0) is 37.1 Å². The zero-order chi connectivity index (χ0) is 18.5. The molecule has 0 unspecified atom stereocenters. The summed E-state index contributed by atoms with van der Waals surface area (Å²) in [6.45, 7) is 5.58. The topological polar surface area (TPSA) is 83.6 Å². The third kappa shape index (κ3) is 6.09. The Labute approximate surface area is 176 Å². The summed E-state index contributed by atoms with van der Waals surface area (Å²) in [5, 5.41) is 5.72. The molecule has 0 atom stereocenters. The maximum Gasteiger partial charge on any atom is 0.244 e. The molecular weight excluding hydrogens is 403 g/mol. The molecule has 2 aromatic rings. The van der Waals surface area contributed by atoms with Gasteiger partial charge in [0.15, 0.2) is 0 Å². The van der Waals surface area contributed by atoms with Crippen LogP contribution in [0.25, 0.3) is 0 Å². The van der Waals surface area contributed by atoms with Crippen LogP contribution in [0, 0.1) is 13.8 Å². The van der Waals surface area contributed by atoms with Gasteiger partial charge in [0.25, 0.3) is 0 Å². The first-order valence-electron chi connectivity index (χ1n) is 8.51. The highest BCUT2D eigenvalue weighted by Gasteiger charge is 2.20. The minimum Gasteiger partial charge on any atom is -0.439 e. The van der Waals surface area contributed by atoms with Crippen LogP contribution < -0.4 is 15.4 Å². The Balaban J connectivity index is 0.00000196. The van der Waals surface area contributed by atoms with Gasteiger partial charge in [-0.1, -0.05) is 12.1 Å². The van der Waals surface area contributed by atoms with Crippen LogP contribution in [0.3, 0.4) is 0 Å². The molecule has 1 aliphatic rings. The van der Waals surface area contributed by atoms with Crippen molar-refractivity contribution in [2.45, 2.75) is 13.8 Å². The zero-order valence-corrected chi connectivity index (χ0v) is 17.4. The van der Waals surface area contributed by atoms with E-state index in [4.69, 9.17) is 4.74 Å². The molecule has 7 nitrogen and oxygen atoms in total. The van der Waals surface area contributed by atoms with E-state index in [1.54, 1.807) is 12.1 Å². The number of anilines is 1. The van der Waals surface area contributed by atoms with Gasteiger partial charge in [-0.25, -0.2) is 4.98 Å². The van der Waals surface area contributed by atoms with Gasteiger partial charge in [0.2, 0.25) is 17.7 Å². The second-order valence-corrected chi connectivity index (χ2v) is 6.23. The van der Waals surface area contributed by atoms with Crippen molar-refractivity contribution in [3.63, 3.8) is 0 Å². The van der Waals surface area contributed by atoms with Gasteiger partial charge in [0.1, 0.15) is 5.75 Å². The summed E-state index contributed by atoms with van der Waals surface area (Å²) >= 11 is 0. The first-order chi connectivity index (χ1) is 12.5. The van der Waals surface area contributed by atoms with Gasteiger partial charge in [-0.2, -0.15) is 0 Å². The number of benzene rings is 1. The second kappa shape index (κ2) is 10.8. The normalized spacial score (nSPS) is 13.2. The van der Waals surface area contributed by atoms with Crippen LogP contribution >= 0.6 is 24.8 Å². The standard InChI is InChI=1S/C19H22N4O3.2ClH/c1-13-4-3-5-16(14(13)2)26-18-7-6-15(10-21-18)22-17(24)12-23-9-8-20-11-19(23)25;;/h3-7,10,20H,8-9,11-12H2,1-2H3,(H,22,24);2*1H. The van der Waals surface area contributed by atoms with Gasteiger partial charge in [0, 0.05) is 19.2 Å². The van der Waals surface area contributed by atoms with Gasteiger partial charge in [0.05, 0.1) is 25.0 Å². The zero-order valence-electron chi connectivity index (χ0n) is 15.7. The number of pyridine rings is 1. The molecule has 2 amide bonds. The van der Waals surface area contributed by atoms with Crippen molar-refractivity contribution in [2.75, 3.05) is 31.5 Å². The number of aromatic nitrogens is 1.